The number of carbonyl (C=O) groups is 2. The Morgan fingerprint density at radius 1 is 0.818 bits per heavy atom. The lowest BCUT2D eigenvalue weighted by Gasteiger charge is -2.34. The zero-order chi connectivity index (χ0) is 31.7. The van der Waals surface area contributed by atoms with E-state index in [1.165, 1.54) is 29.2 Å². The van der Waals surface area contributed by atoms with E-state index >= 15 is 0 Å². The third kappa shape index (κ3) is 8.94. The third-order valence-electron chi connectivity index (χ3n) is 6.95. The minimum atomic E-state index is -4.18. The van der Waals surface area contributed by atoms with Crippen molar-refractivity contribution in [1.82, 2.24) is 10.2 Å². The Balaban J connectivity index is 1.77. The molecule has 0 saturated carbocycles. The Hall–Kier alpha value is -3.66. The highest BCUT2D eigenvalue weighted by Crippen LogP contribution is 2.26. The minimum absolute atomic E-state index is 0.00600. The summed E-state index contributed by atoms with van der Waals surface area (Å²) in [6.45, 7) is 4.01. The van der Waals surface area contributed by atoms with Crippen molar-refractivity contribution in [2.45, 2.75) is 37.8 Å². The molecule has 0 aliphatic rings. The fourth-order valence-electron chi connectivity index (χ4n) is 4.62. The maximum Gasteiger partial charge on any atom is 0.264 e. The first-order chi connectivity index (χ1) is 21.0. The van der Waals surface area contributed by atoms with Gasteiger partial charge in [0.05, 0.1) is 10.6 Å². The van der Waals surface area contributed by atoms with Crippen LogP contribution in [-0.2, 0) is 32.6 Å². The van der Waals surface area contributed by atoms with E-state index in [2.05, 4.69) is 21.2 Å². The molecule has 0 spiro atoms. The van der Waals surface area contributed by atoms with Gasteiger partial charge < -0.3 is 10.2 Å². The van der Waals surface area contributed by atoms with Gasteiger partial charge in [-0.3, -0.25) is 13.9 Å². The molecule has 0 bridgehead atoms. The van der Waals surface area contributed by atoms with Crippen LogP contribution in [0.25, 0.3) is 0 Å². The number of hydrogen-bond donors (Lipinski definition) is 1. The van der Waals surface area contributed by atoms with Crippen molar-refractivity contribution in [2.75, 3.05) is 17.4 Å². The number of benzene rings is 4. The number of carbonyl (C=O) groups excluding carboxylic acids is 2. The number of hydrogen-bond acceptors (Lipinski definition) is 4. The molecule has 44 heavy (non-hydrogen) atoms. The summed E-state index contributed by atoms with van der Waals surface area (Å²) < 4.78 is 30.0. The van der Waals surface area contributed by atoms with Gasteiger partial charge in [-0.2, -0.15) is 0 Å². The fraction of sp³-hybridized carbons (Fsp3) is 0.235. The monoisotopic (exact) mass is 695 g/mol. The largest absolute Gasteiger partial charge is 0.354 e. The maximum atomic E-state index is 14.4. The molecule has 0 unspecified atom stereocenters. The van der Waals surface area contributed by atoms with Gasteiger partial charge >= 0.3 is 0 Å². The standard InChI is InChI=1S/C34H35BrClN3O4S/c1-25(2)22-37-34(41)32(21-26-9-5-3-6-10-26)38(23-27-13-15-28(35)16-14-27)33(40)24-39(30-11-7-4-8-12-30)44(42,43)31-19-17-29(36)18-20-31/h3-20,25,32H,21-24H2,1-2H3,(H,37,41)/t32-/m1/s1. The Kier molecular flexibility index (Phi) is 11.6. The number of rotatable bonds is 13. The fourth-order valence-corrected chi connectivity index (χ4v) is 6.42. The van der Waals surface area contributed by atoms with Crippen LogP contribution in [0.1, 0.15) is 25.0 Å². The molecular weight excluding hydrogens is 662 g/mol. The summed E-state index contributed by atoms with van der Waals surface area (Å²) in [7, 11) is -4.18. The van der Waals surface area contributed by atoms with Crippen molar-refractivity contribution >= 4 is 55.1 Å². The highest BCUT2D eigenvalue weighted by atomic mass is 79.9. The molecule has 2 amide bonds. The van der Waals surface area contributed by atoms with E-state index < -0.39 is 28.5 Å². The highest BCUT2D eigenvalue weighted by molar-refractivity contribution is 9.10. The molecule has 0 aromatic heterocycles. The van der Waals surface area contributed by atoms with Crippen LogP contribution in [-0.4, -0.2) is 44.3 Å². The lowest BCUT2D eigenvalue weighted by Crippen LogP contribution is -2.53. The van der Waals surface area contributed by atoms with Crippen LogP contribution < -0.4 is 9.62 Å². The number of anilines is 1. The summed E-state index contributed by atoms with van der Waals surface area (Å²) in [6.07, 6.45) is 0.252. The quantitative estimate of drug-likeness (QED) is 0.168. The summed E-state index contributed by atoms with van der Waals surface area (Å²) in [5, 5.41) is 3.39. The summed E-state index contributed by atoms with van der Waals surface area (Å²) >= 11 is 9.49. The zero-order valence-electron chi connectivity index (χ0n) is 24.6. The molecule has 0 fully saturated rings. The van der Waals surface area contributed by atoms with Crippen molar-refractivity contribution in [1.29, 1.82) is 0 Å². The normalized spacial score (nSPS) is 12.0. The lowest BCUT2D eigenvalue weighted by molar-refractivity contribution is -0.140. The molecule has 10 heteroatoms. The first kappa shape index (κ1) is 33.2. The first-order valence-corrected chi connectivity index (χ1v) is 16.8. The van der Waals surface area contributed by atoms with E-state index in [0.717, 1.165) is 19.9 Å². The van der Waals surface area contributed by atoms with E-state index in [1.54, 1.807) is 30.3 Å². The van der Waals surface area contributed by atoms with Gasteiger partial charge in [-0.05, 0) is 65.6 Å². The number of halogens is 2. The van der Waals surface area contributed by atoms with Crippen LogP contribution in [0.15, 0.2) is 119 Å². The third-order valence-corrected chi connectivity index (χ3v) is 9.52. The summed E-state index contributed by atoms with van der Waals surface area (Å²) in [6, 6.07) is 30.3. The van der Waals surface area contributed by atoms with Crippen molar-refractivity contribution in [2.24, 2.45) is 5.92 Å². The van der Waals surface area contributed by atoms with Gasteiger partial charge in [0, 0.05) is 29.0 Å². The van der Waals surface area contributed by atoms with Gasteiger partial charge in [-0.25, -0.2) is 8.42 Å². The Labute approximate surface area is 273 Å². The molecule has 0 aliphatic carbocycles. The predicted molar refractivity (Wildman–Crippen MR) is 179 cm³/mol. The minimum Gasteiger partial charge on any atom is -0.354 e. The molecule has 7 nitrogen and oxygen atoms in total. The summed E-state index contributed by atoms with van der Waals surface area (Å²) in [5.74, 6) is -0.625. The van der Waals surface area contributed by atoms with Crippen LogP contribution in [0.4, 0.5) is 5.69 Å². The van der Waals surface area contributed by atoms with Crippen LogP contribution in [0, 0.1) is 5.92 Å². The number of nitrogens with one attached hydrogen (secondary N) is 1. The molecule has 4 aromatic rings. The van der Waals surface area contributed by atoms with Gasteiger partial charge in [0.1, 0.15) is 12.6 Å². The predicted octanol–water partition coefficient (Wildman–Crippen LogP) is 6.71. The van der Waals surface area contributed by atoms with E-state index in [4.69, 9.17) is 11.6 Å². The molecule has 0 saturated heterocycles. The average molecular weight is 697 g/mol. The van der Waals surface area contributed by atoms with Crippen molar-refractivity contribution in [3.8, 4) is 0 Å². The van der Waals surface area contributed by atoms with Gasteiger partial charge in [0.2, 0.25) is 11.8 Å². The maximum absolute atomic E-state index is 14.4. The number of para-hydroxylation sites is 1. The Morgan fingerprint density at radius 2 is 1.41 bits per heavy atom. The van der Waals surface area contributed by atoms with E-state index in [9.17, 15) is 18.0 Å². The highest BCUT2D eigenvalue weighted by Gasteiger charge is 2.34. The van der Waals surface area contributed by atoms with Crippen LogP contribution in [0.2, 0.25) is 5.02 Å². The van der Waals surface area contributed by atoms with Crippen molar-refractivity contribution < 1.29 is 18.0 Å². The second-order valence-corrected chi connectivity index (χ2v) is 14.0. The number of sulfonamides is 1. The van der Waals surface area contributed by atoms with Gasteiger partial charge in [0.15, 0.2) is 0 Å². The SMILES string of the molecule is CC(C)CNC(=O)[C@@H](Cc1ccccc1)N(Cc1ccc(Br)cc1)C(=O)CN(c1ccccc1)S(=O)(=O)c1ccc(Cl)cc1. The molecule has 4 rings (SSSR count). The lowest BCUT2D eigenvalue weighted by atomic mass is 10.0. The summed E-state index contributed by atoms with van der Waals surface area (Å²) in [5.41, 5.74) is 1.99. The Morgan fingerprint density at radius 3 is 2.00 bits per heavy atom. The van der Waals surface area contributed by atoms with Gasteiger partial charge in [0.25, 0.3) is 10.0 Å². The molecule has 1 atom stereocenters. The van der Waals surface area contributed by atoms with Gasteiger partial charge in [-0.1, -0.05) is 102 Å². The zero-order valence-corrected chi connectivity index (χ0v) is 27.7. The first-order valence-electron chi connectivity index (χ1n) is 14.2. The average Bonchev–Trinajstić information content (AvgIpc) is 3.02. The van der Waals surface area contributed by atoms with Crippen LogP contribution in [0.5, 0.6) is 0 Å². The van der Waals surface area contributed by atoms with E-state index in [-0.39, 0.29) is 29.7 Å². The smallest absolute Gasteiger partial charge is 0.264 e. The molecule has 0 heterocycles. The van der Waals surface area contributed by atoms with Crippen LogP contribution in [0.3, 0.4) is 0 Å². The molecule has 4 aromatic carbocycles. The topological polar surface area (TPSA) is 86.8 Å². The molecule has 0 aliphatic heterocycles. The number of nitrogens with zero attached hydrogens (tertiary/aromatic N) is 2. The van der Waals surface area contributed by atoms with Gasteiger partial charge in [-0.15, -0.1) is 0 Å². The number of amides is 2. The van der Waals surface area contributed by atoms with Crippen molar-refractivity contribution in [3.05, 3.63) is 130 Å². The molecule has 230 valence electrons. The second-order valence-electron chi connectivity index (χ2n) is 10.8. The second kappa shape index (κ2) is 15.4. The summed E-state index contributed by atoms with van der Waals surface area (Å²) in [4.78, 5) is 29.7. The molecule has 0 radical (unpaired) electrons. The van der Waals surface area contributed by atoms with E-state index in [1.807, 2.05) is 68.4 Å². The molecule has 1 N–H and O–H groups in total. The van der Waals surface area contributed by atoms with Crippen LogP contribution >= 0.6 is 27.5 Å². The Bertz CT molecular complexity index is 1640. The molecular formula is C34H35BrClN3O4S. The van der Waals surface area contributed by atoms with E-state index in [0.29, 0.717) is 17.3 Å². The van der Waals surface area contributed by atoms with Crippen molar-refractivity contribution in [3.63, 3.8) is 0 Å².